The first-order valence-electron chi connectivity index (χ1n) is 11.5. The number of para-hydroxylation sites is 2. The van der Waals surface area contributed by atoms with Gasteiger partial charge in [-0.2, -0.15) is 0 Å². The number of rotatable bonds is 5. The molecule has 34 heavy (non-hydrogen) atoms. The fraction of sp³-hybridized carbons (Fsp3) is 0.222. The van der Waals surface area contributed by atoms with Crippen molar-refractivity contribution in [3.8, 4) is 5.69 Å². The summed E-state index contributed by atoms with van der Waals surface area (Å²) in [7, 11) is 0. The minimum absolute atomic E-state index is 0.129. The minimum Gasteiger partial charge on any atom is -0.349 e. The van der Waals surface area contributed by atoms with Crippen molar-refractivity contribution in [3.05, 3.63) is 111 Å². The number of carbonyl (C=O) groups is 1. The summed E-state index contributed by atoms with van der Waals surface area (Å²) < 4.78 is 1.37. The Hall–Kier alpha value is -3.97. The van der Waals surface area contributed by atoms with Gasteiger partial charge in [0, 0.05) is 36.9 Å². The smallest absolute Gasteiger partial charge is 0.321 e. The predicted molar refractivity (Wildman–Crippen MR) is 132 cm³/mol. The van der Waals surface area contributed by atoms with Gasteiger partial charge in [0.2, 0.25) is 0 Å². The van der Waals surface area contributed by atoms with Gasteiger partial charge in [-0.05, 0) is 54.8 Å². The van der Waals surface area contributed by atoms with Gasteiger partial charge in [0.05, 0.1) is 11.0 Å². The molecule has 172 valence electrons. The van der Waals surface area contributed by atoms with Gasteiger partial charge in [-0.1, -0.05) is 42.5 Å². The van der Waals surface area contributed by atoms with E-state index in [9.17, 15) is 14.4 Å². The summed E-state index contributed by atoms with van der Waals surface area (Å²) in [5.41, 5.74) is 2.21. The largest absolute Gasteiger partial charge is 0.349 e. The van der Waals surface area contributed by atoms with Crippen LogP contribution >= 0.6 is 0 Å². The highest BCUT2D eigenvalue weighted by molar-refractivity contribution is 5.94. The molecule has 7 heteroatoms. The fourth-order valence-corrected chi connectivity index (χ4v) is 4.53. The van der Waals surface area contributed by atoms with Crippen LogP contribution in [0.2, 0.25) is 0 Å². The summed E-state index contributed by atoms with van der Waals surface area (Å²) in [5.74, 6) is -0.129. The van der Waals surface area contributed by atoms with E-state index in [-0.39, 0.29) is 11.9 Å². The zero-order chi connectivity index (χ0) is 23.5. The molecule has 0 spiro atoms. The van der Waals surface area contributed by atoms with Crippen molar-refractivity contribution in [2.24, 2.45) is 0 Å². The average Bonchev–Trinajstić information content (AvgIpc) is 2.87. The Morgan fingerprint density at radius 2 is 1.56 bits per heavy atom. The third kappa shape index (κ3) is 4.56. The number of aromatic amines is 1. The number of aromatic nitrogens is 2. The monoisotopic (exact) mass is 454 g/mol. The highest BCUT2D eigenvalue weighted by Gasteiger charge is 2.21. The third-order valence-corrected chi connectivity index (χ3v) is 6.35. The minimum atomic E-state index is -0.681. The lowest BCUT2D eigenvalue weighted by Crippen LogP contribution is -2.44. The lowest BCUT2D eigenvalue weighted by Gasteiger charge is -2.32. The first-order chi connectivity index (χ1) is 16.6. The van der Waals surface area contributed by atoms with E-state index in [0.29, 0.717) is 22.3 Å². The third-order valence-electron chi connectivity index (χ3n) is 6.35. The second-order valence-electron chi connectivity index (χ2n) is 8.67. The molecule has 5 rings (SSSR count). The molecule has 7 nitrogen and oxygen atoms in total. The molecular weight excluding hydrogens is 428 g/mol. The molecule has 1 fully saturated rings. The Morgan fingerprint density at radius 1 is 0.882 bits per heavy atom. The molecule has 0 saturated carbocycles. The lowest BCUT2D eigenvalue weighted by atomic mass is 10.0. The molecule has 0 unspecified atom stereocenters. The topological polar surface area (TPSA) is 87.2 Å². The zero-order valence-electron chi connectivity index (χ0n) is 18.7. The van der Waals surface area contributed by atoms with Gasteiger partial charge in [0.1, 0.15) is 0 Å². The Morgan fingerprint density at radius 3 is 2.29 bits per heavy atom. The number of nitrogens with one attached hydrogen (secondary N) is 2. The van der Waals surface area contributed by atoms with E-state index in [1.165, 1.54) is 10.1 Å². The predicted octanol–water partition coefficient (Wildman–Crippen LogP) is 3.07. The Labute approximate surface area is 196 Å². The molecule has 0 radical (unpaired) electrons. The number of benzene rings is 3. The van der Waals surface area contributed by atoms with Crippen molar-refractivity contribution in [3.63, 3.8) is 0 Å². The summed E-state index contributed by atoms with van der Waals surface area (Å²) in [6.45, 7) is 2.81. The molecule has 1 amide bonds. The first kappa shape index (κ1) is 21.9. The number of amides is 1. The van der Waals surface area contributed by atoms with E-state index in [4.69, 9.17) is 0 Å². The van der Waals surface area contributed by atoms with E-state index in [0.717, 1.165) is 32.5 Å². The summed E-state index contributed by atoms with van der Waals surface area (Å²) in [4.78, 5) is 42.5. The highest BCUT2D eigenvalue weighted by Crippen LogP contribution is 2.17. The molecule has 0 atom stereocenters. The molecule has 2 N–H and O–H groups in total. The summed E-state index contributed by atoms with van der Waals surface area (Å²) in [5, 5.41) is 3.14. The van der Waals surface area contributed by atoms with Gasteiger partial charge < -0.3 is 10.3 Å². The quantitative estimate of drug-likeness (QED) is 0.454. The van der Waals surface area contributed by atoms with Crippen LogP contribution in [0.4, 0.5) is 0 Å². The van der Waals surface area contributed by atoms with Crippen LogP contribution in [0.25, 0.3) is 16.7 Å². The average molecular weight is 455 g/mol. The number of fused-ring (bicyclic) bond motifs is 1. The molecule has 3 aromatic carbocycles. The number of piperidine rings is 1. The summed E-state index contributed by atoms with van der Waals surface area (Å²) in [6.07, 6.45) is 1.82. The van der Waals surface area contributed by atoms with Crippen molar-refractivity contribution >= 4 is 16.9 Å². The summed E-state index contributed by atoms with van der Waals surface area (Å²) >= 11 is 0. The van der Waals surface area contributed by atoms with E-state index in [2.05, 4.69) is 39.5 Å². The second-order valence-corrected chi connectivity index (χ2v) is 8.67. The maximum Gasteiger partial charge on any atom is 0.321 e. The maximum absolute atomic E-state index is 12.8. The standard InChI is InChI=1S/C27H26N4O3/c32-25(28-21-14-16-30(17-15-21)18-19-6-2-1-3-7-19)20-10-12-22(13-11-20)31-24-9-5-4-8-23(24)29-26(33)27(31)34/h1-13,21H,14-18H2,(H,28,32)(H,29,33). The number of hydrogen-bond donors (Lipinski definition) is 2. The van der Waals surface area contributed by atoms with Gasteiger partial charge in [-0.15, -0.1) is 0 Å². The van der Waals surface area contributed by atoms with E-state index < -0.39 is 11.1 Å². The molecule has 0 bridgehead atoms. The fourth-order valence-electron chi connectivity index (χ4n) is 4.53. The van der Waals surface area contributed by atoms with Crippen LogP contribution in [0.15, 0.2) is 88.5 Å². The number of likely N-dealkylation sites (tertiary alicyclic amines) is 1. The molecule has 1 aliphatic rings. The molecule has 1 saturated heterocycles. The van der Waals surface area contributed by atoms with Crippen LogP contribution in [0.3, 0.4) is 0 Å². The normalized spacial score (nSPS) is 14.8. The van der Waals surface area contributed by atoms with Crippen LogP contribution in [-0.4, -0.2) is 39.5 Å². The van der Waals surface area contributed by atoms with Crippen LogP contribution in [0.5, 0.6) is 0 Å². The van der Waals surface area contributed by atoms with Gasteiger partial charge in [0.15, 0.2) is 0 Å². The number of nitrogens with zero attached hydrogens (tertiary/aromatic N) is 2. The van der Waals surface area contributed by atoms with Crippen molar-refractivity contribution < 1.29 is 4.79 Å². The van der Waals surface area contributed by atoms with Crippen LogP contribution in [0.1, 0.15) is 28.8 Å². The van der Waals surface area contributed by atoms with Crippen molar-refractivity contribution in [2.75, 3.05) is 13.1 Å². The van der Waals surface area contributed by atoms with Gasteiger partial charge >= 0.3 is 11.1 Å². The van der Waals surface area contributed by atoms with E-state index >= 15 is 0 Å². The SMILES string of the molecule is O=C(NC1CCN(Cc2ccccc2)CC1)c1ccc(-n2c(=O)c(=O)[nH]c3ccccc32)cc1. The van der Waals surface area contributed by atoms with Crippen LogP contribution in [0, 0.1) is 0 Å². The Balaban J connectivity index is 1.25. The molecule has 1 aliphatic heterocycles. The number of hydrogen-bond acceptors (Lipinski definition) is 4. The first-order valence-corrected chi connectivity index (χ1v) is 11.5. The maximum atomic E-state index is 12.8. The van der Waals surface area contributed by atoms with E-state index in [1.807, 2.05) is 12.1 Å². The van der Waals surface area contributed by atoms with Crippen LogP contribution in [-0.2, 0) is 6.54 Å². The van der Waals surface area contributed by atoms with Crippen molar-refractivity contribution in [1.82, 2.24) is 19.8 Å². The summed E-state index contributed by atoms with van der Waals surface area (Å²) in [6, 6.07) is 24.5. The Bertz CT molecular complexity index is 1420. The van der Waals surface area contributed by atoms with Gasteiger partial charge in [0.25, 0.3) is 5.91 Å². The molecule has 2 heterocycles. The molecule has 1 aromatic heterocycles. The Kier molecular flexibility index (Phi) is 6.10. The number of carbonyl (C=O) groups excluding carboxylic acids is 1. The van der Waals surface area contributed by atoms with Gasteiger partial charge in [-0.3, -0.25) is 23.9 Å². The number of H-pyrrole nitrogens is 1. The molecular formula is C27H26N4O3. The van der Waals surface area contributed by atoms with Crippen LogP contribution < -0.4 is 16.4 Å². The lowest BCUT2D eigenvalue weighted by molar-refractivity contribution is 0.0909. The second kappa shape index (κ2) is 9.49. The van der Waals surface area contributed by atoms with Crippen molar-refractivity contribution in [2.45, 2.75) is 25.4 Å². The van der Waals surface area contributed by atoms with E-state index in [1.54, 1.807) is 42.5 Å². The molecule has 0 aliphatic carbocycles. The van der Waals surface area contributed by atoms with Gasteiger partial charge in [-0.25, -0.2) is 0 Å². The highest BCUT2D eigenvalue weighted by atomic mass is 16.2. The zero-order valence-corrected chi connectivity index (χ0v) is 18.7. The molecule has 4 aromatic rings. The van der Waals surface area contributed by atoms with Crippen molar-refractivity contribution in [1.29, 1.82) is 0 Å².